The summed E-state index contributed by atoms with van der Waals surface area (Å²) in [6, 6.07) is 9.10. The molecule has 1 saturated heterocycles. The molecule has 1 aliphatic rings. The van der Waals surface area contributed by atoms with Gasteiger partial charge in [0.05, 0.1) is 12.1 Å². The van der Waals surface area contributed by atoms with Gasteiger partial charge in [-0.15, -0.1) is 0 Å². The zero-order valence-electron chi connectivity index (χ0n) is 14.1. The topological polar surface area (TPSA) is 72.6 Å². The van der Waals surface area contributed by atoms with Crippen LogP contribution in [0.15, 0.2) is 30.3 Å². The zero-order valence-corrected chi connectivity index (χ0v) is 14.1. The summed E-state index contributed by atoms with van der Waals surface area (Å²) in [6.45, 7) is 5.38. The van der Waals surface area contributed by atoms with Crippen LogP contribution in [0.5, 0.6) is 0 Å². The number of nitrogens with two attached hydrogens (primary N) is 1. The smallest absolute Gasteiger partial charge is 0.326 e. The van der Waals surface area contributed by atoms with E-state index in [4.69, 9.17) is 10.5 Å². The molecule has 0 aromatic heterocycles. The summed E-state index contributed by atoms with van der Waals surface area (Å²) in [4.78, 5) is 26.4. The highest BCUT2D eigenvalue weighted by Gasteiger charge is 2.34. The van der Waals surface area contributed by atoms with Gasteiger partial charge in [0.15, 0.2) is 0 Å². The lowest BCUT2D eigenvalue weighted by molar-refractivity contribution is -0.160. The highest BCUT2D eigenvalue weighted by molar-refractivity contribution is 5.86. The minimum Gasteiger partial charge on any atom is -0.459 e. The van der Waals surface area contributed by atoms with E-state index in [1.807, 2.05) is 51.1 Å². The van der Waals surface area contributed by atoms with Gasteiger partial charge in [0, 0.05) is 0 Å². The predicted molar refractivity (Wildman–Crippen MR) is 88.6 cm³/mol. The monoisotopic (exact) mass is 318 g/mol. The van der Waals surface area contributed by atoms with Crippen molar-refractivity contribution in [1.29, 1.82) is 0 Å². The van der Waals surface area contributed by atoms with E-state index in [0.717, 1.165) is 18.4 Å². The third-order valence-electron chi connectivity index (χ3n) is 3.87. The standard InChI is InChI=1S/C18H26N2O3/c1-18(2,3)23-16(21)12-20-15(13-8-5-4-6-9-13)11-7-10-14(19)17(20)22/h4-6,8-9,14-15H,7,10-12,19H2,1-3H3/t14-,15+/m0/s1. The highest BCUT2D eigenvalue weighted by Crippen LogP contribution is 2.30. The summed E-state index contributed by atoms with van der Waals surface area (Å²) in [5.74, 6) is -0.580. The summed E-state index contributed by atoms with van der Waals surface area (Å²) in [5.41, 5.74) is 6.42. The maximum atomic E-state index is 12.6. The van der Waals surface area contributed by atoms with Gasteiger partial charge in [-0.25, -0.2) is 0 Å². The van der Waals surface area contributed by atoms with Crippen LogP contribution in [-0.2, 0) is 14.3 Å². The van der Waals surface area contributed by atoms with Crippen LogP contribution in [0.1, 0.15) is 51.6 Å². The molecular formula is C18H26N2O3. The van der Waals surface area contributed by atoms with Gasteiger partial charge >= 0.3 is 5.97 Å². The van der Waals surface area contributed by atoms with Crippen molar-refractivity contribution in [2.75, 3.05) is 6.54 Å². The molecule has 5 nitrogen and oxygen atoms in total. The Labute approximate surface area is 137 Å². The molecule has 2 rings (SSSR count). The van der Waals surface area contributed by atoms with E-state index in [1.54, 1.807) is 4.90 Å². The summed E-state index contributed by atoms with van der Waals surface area (Å²) in [7, 11) is 0. The van der Waals surface area contributed by atoms with Crippen molar-refractivity contribution in [3.63, 3.8) is 0 Å². The maximum Gasteiger partial charge on any atom is 0.326 e. The highest BCUT2D eigenvalue weighted by atomic mass is 16.6. The molecule has 0 spiro atoms. The lowest BCUT2D eigenvalue weighted by atomic mass is 10.0. The Hall–Kier alpha value is -1.88. The fourth-order valence-electron chi connectivity index (χ4n) is 2.90. The molecule has 126 valence electrons. The van der Waals surface area contributed by atoms with Crippen LogP contribution in [0.3, 0.4) is 0 Å². The number of carbonyl (C=O) groups excluding carboxylic acids is 2. The maximum absolute atomic E-state index is 12.6. The third kappa shape index (κ3) is 4.79. The average Bonchev–Trinajstić information content (AvgIpc) is 2.60. The summed E-state index contributed by atoms with van der Waals surface area (Å²) in [5, 5.41) is 0. The average molecular weight is 318 g/mol. The number of benzene rings is 1. The Morgan fingerprint density at radius 1 is 1.26 bits per heavy atom. The molecule has 0 saturated carbocycles. The molecule has 0 aliphatic carbocycles. The number of amides is 1. The second-order valence-corrected chi connectivity index (χ2v) is 7.02. The van der Waals surface area contributed by atoms with Crippen LogP contribution >= 0.6 is 0 Å². The summed E-state index contributed by atoms with van der Waals surface area (Å²) in [6.07, 6.45) is 2.30. The lowest BCUT2D eigenvalue weighted by Gasteiger charge is -2.32. The first-order valence-corrected chi connectivity index (χ1v) is 8.11. The van der Waals surface area contributed by atoms with E-state index in [9.17, 15) is 9.59 Å². The largest absolute Gasteiger partial charge is 0.459 e. The summed E-state index contributed by atoms with van der Waals surface area (Å²) >= 11 is 0. The van der Waals surface area contributed by atoms with E-state index >= 15 is 0 Å². The first-order valence-electron chi connectivity index (χ1n) is 8.11. The van der Waals surface area contributed by atoms with Gasteiger partial charge in [-0.3, -0.25) is 9.59 Å². The van der Waals surface area contributed by atoms with E-state index in [1.165, 1.54) is 0 Å². The second kappa shape index (κ2) is 7.13. The van der Waals surface area contributed by atoms with E-state index < -0.39 is 17.6 Å². The molecule has 2 N–H and O–H groups in total. The van der Waals surface area contributed by atoms with Crippen LogP contribution in [0.4, 0.5) is 0 Å². The molecule has 0 bridgehead atoms. The Morgan fingerprint density at radius 3 is 2.52 bits per heavy atom. The Bertz CT molecular complexity index is 551. The van der Waals surface area contributed by atoms with Crippen molar-refractivity contribution in [3.8, 4) is 0 Å². The summed E-state index contributed by atoms with van der Waals surface area (Å²) < 4.78 is 5.38. The molecule has 1 aromatic rings. The Kier molecular flexibility index (Phi) is 5.42. The number of esters is 1. The molecule has 0 unspecified atom stereocenters. The normalized spacial score (nSPS) is 22.6. The predicted octanol–water partition coefficient (Wildman–Crippen LogP) is 2.41. The van der Waals surface area contributed by atoms with Gasteiger partial charge in [-0.05, 0) is 45.6 Å². The molecule has 23 heavy (non-hydrogen) atoms. The van der Waals surface area contributed by atoms with E-state index in [-0.39, 0.29) is 18.5 Å². The molecule has 0 radical (unpaired) electrons. The number of rotatable bonds is 3. The molecule has 2 atom stereocenters. The first kappa shape index (κ1) is 17.5. The van der Waals surface area contributed by atoms with Gasteiger partial charge in [-0.2, -0.15) is 0 Å². The number of hydrogen-bond acceptors (Lipinski definition) is 4. The molecule has 1 aliphatic heterocycles. The van der Waals surface area contributed by atoms with Crippen molar-refractivity contribution in [2.45, 2.75) is 57.7 Å². The van der Waals surface area contributed by atoms with Crippen molar-refractivity contribution in [3.05, 3.63) is 35.9 Å². The second-order valence-electron chi connectivity index (χ2n) is 7.02. The molecule has 1 fully saturated rings. The van der Waals surface area contributed by atoms with Crippen LogP contribution in [-0.4, -0.2) is 35.0 Å². The first-order chi connectivity index (χ1) is 10.8. The van der Waals surface area contributed by atoms with Gasteiger partial charge in [0.25, 0.3) is 0 Å². The van der Waals surface area contributed by atoms with Gasteiger partial charge < -0.3 is 15.4 Å². The van der Waals surface area contributed by atoms with Gasteiger partial charge in [0.1, 0.15) is 12.1 Å². The Morgan fingerprint density at radius 2 is 1.91 bits per heavy atom. The molecule has 1 heterocycles. The number of hydrogen-bond donors (Lipinski definition) is 1. The van der Waals surface area contributed by atoms with E-state index in [0.29, 0.717) is 6.42 Å². The number of carbonyl (C=O) groups is 2. The SMILES string of the molecule is CC(C)(C)OC(=O)CN1C(=O)[C@@H](N)CCC[C@@H]1c1ccccc1. The van der Waals surface area contributed by atoms with Crippen molar-refractivity contribution in [1.82, 2.24) is 4.90 Å². The van der Waals surface area contributed by atoms with Crippen LogP contribution in [0.2, 0.25) is 0 Å². The lowest BCUT2D eigenvalue weighted by Crippen LogP contribution is -2.46. The van der Waals surface area contributed by atoms with Crippen LogP contribution in [0.25, 0.3) is 0 Å². The minimum absolute atomic E-state index is 0.0661. The molecule has 1 amide bonds. The van der Waals surface area contributed by atoms with E-state index in [2.05, 4.69) is 0 Å². The van der Waals surface area contributed by atoms with Crippen molar-refractivity contribution in [2.24, 2.45) is 5.73 Å². The fourth-order valence-corrected chi connectivity index (χ4v) is 2.90. The fraction of sp³-hybridized carbons (Fsp3) is 0.556. The van der Waals surface area contributed by atoms with Crippen LogP contribution < -0.4 is 5.73 Å². The van der Waals surface area contributed by atoms with Gasteiger partial charge in [0.2, 0.25) is 5.91 Å². The third-order valence-corrected chi connectivity index (χ3v) is 3.87. The Balaban J connectivity index is 2.24. The number of likely N-dealkylation sites (tertiary alicyclic amines) is 1. The van der Waals surface area contributed by atoms with Crippen molar-refractivity contribution >= 4 is 11.9 Å². The quantitative estimate of drug-likeness (QED) is 0.869. The molecule has 1 aromatic carbocycles. The number of ether oxygens (including phenoxy) is 1. The molecular weight excluding hydrogens is 292 g/mol. The number of nitrogens with zero attached hydrogens (tertiary/aromatic N) is 1. The van der Waals surface area contributed by atoms with Gasteiger partial charge in [-0.1, -0.05) is 30.3 Å². The molecule has 5 heteroatoms. The zero-order chi connectivity index (χ0) is 17.0. The van der Waals surface area contributed by atoms with Crippen molar-refractivity contribution < 1.29 is 14.3 Å². The minimum atomic E-state index is -0.573. The van der Waals surface area contributed by atoms with Crippen LogP contribution in [0, 0.1) is 0 Å².